The van der Waals surface area contributed by atoms with Crippen LogP contribution in [0.5, 0.6) is 0 Å². The van der Waals surface area contributed by atoms with Crippen molar-refractivity contribution in [3.8, 4) is 0 Å². The van der Waals surface area contributed by atoms with Crippen molar-refractivity contribution >= 4 is 5.91 Å². The minimum atomic E-state index is -0.0129. The van der Waals surface area contributed by atoms with E-state index < -0.39 is 0 Å². The van der Waals surface area contributed by atoms with E-state index in [-0.39, 0.29) is 5.91 Å². The first-order valence-corrected chi connectivity index (χ1v) is 6.28. The van der Waals surface area contributed by atoms with E-state index in [4.69, 9.17) is 0 Å². The number of nitrogens with zero attached hydrogens (tertiary/aromatic N) is 5. The molecule has 0 aromatic carbocycles. The molecule has 2 rings (SSSR count). The summed E-state index contributed by atoms with van der Waals surface area (Å²) in [6, 6.07) is 0. The number of aromatic nitrogens is 4. The van der Waals surface area contributed by atoms with Crippen LogP contribution >= 0.6 is 0 Å². The SMILES string of the molecule is CCn1cc(C(=O)N(C)Cc2cnn(C)c2)c(C)n1. The van der Waals surface area contributed by atoms with E-state index in [0.29, 0.717) is 12.1 Å². The number of carbonyl (C=O) groups excluding carboxylic acids is 1. The first-order chi connectivity index (χ1) is 9.01. The Morgan fingerprint density at radius 2 is 2.16 bits per heavy atom. The second-order valence-electron chi connectivity index (χ2n) is 4.67. The second kappa shape index (κ2) is 5.26. The molecule has 19 heavy (non-hydrogen) atoms. The lowest BCUT2D eigenvalue weighted by molar-refractivity contribution is 0.0784. The van der Waals surface area contributed by atoms with E-state index in [9.17, 15) is 4.79 Å². The largest absolute Gasteiger partial charge is 0.337 e. The van der Waals surface area contributed by atoms with Gasteiger partial charge in [-0.25, -0.2) is 0 Å². The number of aryl methyl sites for hydroxylation is 3. The van der Waals surface area contributed by atoms with E-state index >= 15 is 0 Å². The van der Waals surface area contributed by atoms with Crippen molar-refractivity contribution in [1.29, 1.82) is 0 Å². The first-order valence-electron chi connectivity index (χ1n) is 6.28. The summed E-state index contributed by atoms with van der Waals surface area (Å²) in [5.41, 5.74) is 2.44. The van der Waals surface area contributed by atoms with Crippen LogP contribution in [0.3, 0.4) is 0 Å². The van der Waals surface area contributed by atoms with E-state index in [2.05, 4.69) is 10.2 Å². The molecule has 2 aromatic rings. The second-order valence-corrected chi connectivity index (χ2v) is 4.67. The molecule has 2 aromatic heterocycles. The van der Waals surface area contributed by atoms with Crippen molar-refractivity contribution in [1.82, 2.24) is 24.5 Å². The Bertz CT molecular complexity index is 584. The molecule has 0 saturated carbocycles. The summed E-state index contributed by atoms with van der Waals surface area (Å²) in [7, 11) is 3.65. The van der Waals surface area contributed by atoms with Gasteiger partial charge < -0.3 is 4.90 Å². The summed E-state index contributed by atoms with van der Waals surface area (Å²) < 4.78 is 3.51. The van der Waals surface area contributed by atoms with Crippen LogP contribution in [0.2, 0.25) is 0 Å². The fourth-order valence-electron chi connectivity index (χ4n) is 1.99. The van der Waals surface area contributed by atoms with Crippen LogP contribution in [-0.4, -0.2) is 37.4 Å². The zero-order valence-corrected chi connectivity index (χ0v) is 11.8. The van der Waals surface area contributed by atoms with Gasteiger partial charge in [-0.1, -0.05) is 0 Å². The van der Waals surface area contributed by atoms with Crippen molar-refractivity contribution in [2.45, 2.75) is 26.9 Å². The Morgan fingerprint density at radius 3 is 2.68 bits per heavy atom. The maximum Gasteiger partial charge on any atom is 0.257 e. The topological polar surface area (TPSA) is 56.0 Å². The highest BCUT2D eigenvalue weighted by atomic mass is 16.2. The fraction of sp³-hybridized carbons (Fsp3) is 0.462. The van der Waals surface area contributed by atoms with Crippen LogP contribution in [-0.2, 0) is 20.1 Å². The average molecular weight is 261 g/mol. The molecule has 0 N–H and O–H groups in total. The highest BCUT2D eigenvalue weighted by Crippen LogP contribution is 2.11. The molecular formula is C13H19N5O. The maximum atomic E-state index is 12.4. The Kier molecular flexibility index (Phi) is 3.69. The number of carbonyl (C=O) groups is 1. The van der Waals surface area contributed by atoms with Crippen LogP contribution in [0.1, 0.15) is 28.5 Å². The van der Waals surface area contributed by atoms with Crippen molar-refractivity contribution in [3.05, 3.63) is 35.4 Å². The van der Waals surface area contributed by atoms with E-state index in [1.54, 1.807) is 33.7 Å². The lowest BCUT2D eigenvalue weighted by atomic mass is 10.2. The molecule has 0 fully saturated rings. The highest BCUT2D eigenvalue weighted by Gasteiger charge is 2.17. The molecule has 0 aliphatic heterocycles. The maximum absolute atomic E-state index is 12.4. The highest BCUT2D eigenvalue weighted by molar-refractivity contribution is 5.94. The molecule has 0 saturated heterocycles. The summed E-state index contributed by atoms with van der Waals surface area (Å²) in [6.07, 6.45) is 5.48. The quantitative estimate of drug-likeness (QED) is 0.831. The molecule has 0 atom stereocenters. The minimum absolute atomic E-state index is 0.0129. The van der Waals surface area contributed by atoms with E-state index in [1.807, 2.05) is 27.1 Å². The van der Waals surface area contributed by atoms with Crippen molar-refractivity contribution < 1.29 is 4.79 Å². The number of amides is 1. The lowest BCUT2D eigenvalue weighted by Crippen LogP contribution is -2.26. The van der Waals surface area contributed by atoms with Gasteiger partial charge in [-0.2, -0.15) is 10.2 Å². The Labute approximate surface area is 112 Å². The lowest BCUT2D eigenvalue weighted by Gasteiger charge is -2.15. The molecule has 0 radical (unpaired) electrons. The molecule has 0 aliphatic carbocycles. The number of hydrogen-bond donors (Lipinski definition) is 0. The molecule has 102 valence electrons. The van der Waals surface area contributed by atoms with Crippen LogP contribution in [0, 0.1) is 6.92 Å². The van der Waals surface area contributed by atoms with Crippen LogP contribution in [0.15, 0.2) is 18.6 Å². The van der Waals surface area contributed by atoms with Crippen molar-refractivity contribution in [2.75, 3.05) is 7.05 Å². The van der Waals surface area contributed by atoms with Crippen molar-refractivity contribution in [3.63, 3.8) is 0 Å². The standard InChI is InChI=1S/C13H19N5O/c1-5-18-9-12(10(2)15-18)13(19)16(3)7-11-6-14-17(4)8-11/h6,8-9H,5,7H2,1-4H3. The smallest absolute Gasteiger partial charge is 0.257 e. The van der Waals surface area contributed by atoms with Gasteiger partial charge in [0, 0.05) is 45.1 Å². The summed E-state index contributed by atoms with van der Waals surface area (Å²) in [6.45, 7) is 5.17. The first kappa shape index (κ1) is 13.3. The van der Waals surface area contributed by atoms with Crippen LogP contribution in [0.4, 0.5) is 0 Å². The van der Waals surface area contributed by atoms with Gasteiger partial charge >= 0.3 is 0 Å². The molecule has 6 heteroatoms. The van der Waals surface area contributed by atoms with Gasteiger partial charge in [-0.05, 0) is 13.8 Å². The average Bonchev–Trinajstić information content (AvgIpc) is 2.94. The summed E-state index contributed by atoms with van der Waals surface area (Å²) >= 11 is 0. The van der Waals surface area contributed by atoms with Gasteiger partial charge in [-0.15, -0.1) is 0 Å². The van der Waals surface area contributed by atoms with Gasteiger partial charge in [-0.3, -0.25) is 14.2 Å². The molecule has 6 nitrogen and oxygen atoms in total. The summed E-state index contributed by atoms with van der Waals surface area (Å²) in [4.78, 5) is 14.0. The van der Waals surface area contributed by atoms with Crippen LogP contribution in [0.25, 0.3) is 0 Å². The molecule has 2 heterocycles. The van der Waals surface area contributed by atoms with Gasteiger partial charge in [0.05, 0.1) is 17.5 Å². The fourth-order valence-corrected chi connectivity index (χ4v) is 1.99. The van der Waals surface area contributed by atoms with Crippen molar-refractivity contribution in [2.24, 2.45) is 7.05 Å². The number of rotatable bonds is 4. The molecule has 0 aliphatic rings. The number of hydrogen-bond acceptors (Lipinski definition) is 3. The zero-order chi connectivity index (χ0) is 14.0. The van der Waals surface area contributed by atoms with Gasteiger partial charge in [0.2, 0.25) is 0 Å². The van der Waals surface area contributed by atoms with E-state index in [0.717, 1.165) is 17.8 Å². The van der Waals surface area contributed by atoms with Gasteiger partial charge in [0.1, 0.15) is 0 Å². The third-order valence-corrected chi connectivity index (χ3v) is 3.03. The Morgan fingerprint density at radius 1 is 1.42 bits per heavy atom. The molecule has 0 bridgehead atoms. The summed E-state index contributed by atoms with van der Waals surface area (Å²) in [5, 5.41) is 8.40. The minimum Gasteiger partial charge on any atom is -0.337 e. The third-order valence-electron chi connectivity index (χ3n) is 3.03. The third kappa shape index (κ3) is 2.83. The molecule has 1 amide bonds. The zero-order valence-electron chi connectivity index (χ0n) is 11.8. The predicted molar refractivity (Wildman–Crippen MR) is 71.6 cm³/mol. The normalized spacial score (nSPS) is 10.7. The summed E-state index contributed by atoms with van der Waals surface area (Å²) in [5.74, 6) is -0.0129. The van der Waals surface area contributed by atoms with Gasteiger partial charge in [0.25, 0.3) is 5.91 Å². The predicted octanol–water partition coefficient (Wildman–Crippen LogP) is 1.22. The van der Waals surface area contributed by atoms with E-state index in [1.165, 1.54) is 0 Å². The van der Waals surface area contributed by atoms with Crippen LogP contribution < -0.4 is 0 Å². The molecule has 0 spiro atoms. The molecule has 0 unspecified atom stereocenters. The Hall–Kier alpha value is -2.11. The monoisotopic (exact) mass is 261 g/mol. The van der Waals surface area contributed by atoms with Gasteiger partial charge in [0.15, 0.2) is 0 Å². The molecular weight excluding hydrogens is 242 g/mol. The Balaban J connectivity index is 2.12.